The van der Waals surface area contributed by atoms with Crippen LogP contribution in [0.15, 0.2) is 67.0 Å². The van der Waals surface area contributed by atoms with Crippen LogP contribution in [-0.4, -0.2) is 9.78 Å². The third kappa shape index (κ3) is 2.72. The smallest absolute Gasteiger partial charge is 0.0645 e. The van der Waals surface area contributed by atoms with E-state index in [1.807, 2.05) is 53.3 Å². The van der Waals surface area contributed by atoms with Crippen LogP contribution in [-0.2, 0) is 6.54 Å². The summed E-state index contributed by atoms with van der Waals surface area (Å²) in [7, 11) is 0. The van der Waals surface area contributed by atoms with Gasteiger partial charge in [0, 0.05) is 24.0 Å². The molecule has 0 aliphatic carbocycles. The van der Waals surface area contributed by atoms with Crippen molar-refractivity contribution in [1.29, 1.82) is 0 Å². The molecule has 3 nitrogen and oxygen atoms in total. The third-order valence-electron chi connectivity index (χ3n) is 3.28. The number of aromatic nitrogens is 2. The van der Waals surface area contributed by atoms with Crippen molar-refractivity contribution in [3.63, 3.8) is 0 Å². The van der Waals surface area contributed by atoms with Gasteiger partial charge >= 0.3 is 0 Å². The number of nitrogens with zero attached hydrogens (tertiary/aromatic N) is 2. The van der Waals surface area contributed by atoms with E-state index in [2.05, 4.69) is 35.7 Å². The number of benzene rings is 2. The van der Waals surface area contributed by atoms with Crippen molar-refractivity contribution in [2.75, 3.05) is 5.32 Å². The lowest BCUT2D eigenvalue weighted by molar-refractivity contribution is 0.880. The normalized spacial score (nSPS) is 10.4. The van der Waals surface area contributed by atoms with Crippen LogP contribution in [0.4, 0.5) is 5.69 Å². The summed E-state index contributed by atoms with van der Waals surface area (Å²) < 4.78 is 1.90. The molecule has 0 amide bonds. The van der Waals surface area contributed by atoms with Gasteiger partial charge in [-0.2, -0.15) is 5.10 Å². The highest BCUT2D eigenvalue weighted by Gasteiger charge is 2.01. The number of aryl methyl sites for hydroxylation is 1. The molecule has 3 heteroatoms. The summed E-state index contributed by atoms with van der Waals surface area (Å²) in [6.07, 6.45) is 3.96. The zero-order valence-electron chi connectivity index (χ0n) is 11.5. The second-order valence-electron chi connectivity index (χ2n) is 4.80. The average molecular weight is 263 g/mol. The standard InChI is InChI=1S/C17H17N3/c1-14-7-5-6-10-17(14)18-11-15-12-19-20(13-15)16-8-3-2-4-9-16/h2-10,12-13,18H,11H2,1H3. The largest absolute Gasteiger partial charge is 0.381 e. The van der Waals surface area contributed by atoms with Crippen molar-refractivity contribution in [2.45, 2.75) is 13.5 Å². The molecule has 0 fully saturated rings. The fourth-order valence-electron chi connectivity index (χ4n) is 2.14. The van der Waals surface area contributed by atoms with Gasteiger partial charge in [-0.1, -0.05) is 36.4 Å². The van der Waals surface area contributed by atoms with Crippen LogP contribution in [0, 0.1) is 6.92 Å². The van der Waals surface area contributed by atoms with Gasteiger partial charge in [-0.05, 0) is 30.7 Å². The van der Waals surface area contributed by atoms with Crippen molar-refractivity contribution in [3.05, 3.63) is 78.1 Å². The first-order valence-electron chi connectivity index (χ1n) is 6.71. The van der Waals surface area contributed by atoms with Crippen molar-refractivity contribution >= 4 is 5.69 Å². The maximum atomic E-state index is 4.40. The quantitative estimate of drug-likeness (QED) is 0.776. The van der Waals surface area contributed by atoms with Crippen LogP contribution in [0.25, 0.3) is 5.69 Å². The summed E-state index contributed by atoms with van der Waals surface area (Å²) in [5.74, 6) is 0. The minimum absolute atomic E-state index is 0.775. The Morgan fingerprint density at radius 1 is 1.00 bits per heavy atom. The lowest BCUT2D eigenvalue weighted by Crippen LogP contribution is -2.00. The molecule has 1 N–H and O–H groups in total. The Hall–Kier alpha value is -2.55. The predicted molar refractivity (Wildman–Crippen MR) is 82.1 cm³/mol. The Morgan fingerprint density at radius 3 is 2.55 bits per heavy atom. The molecule has 0 atom stereocenters. The first-order valence-corrected chi connectivity index (χ1v) is 6.71. The van der Waals surface area contributed by atoms with Crippen LogP contribution in [0.1, 0.15) is 11.1 Å². The summed E-state index contributed by atoms with van der Waals surface area (Å²) >= 11 is 0. The van der Waals surface area contributed by atoms with Gasteiger partial charge in [0.15, 0.2) is 0 Å². The average Bonchev–Trinajstić information content (AvgIpc) is 2.96. The highest BCUT2D eigenvalue weighted by atomic mass is 15.3. The van der Waals surface area contributed by atoms with Crippen LogP contribution in [0.5, 0.6) is 0 Å². The molecule has 0 bridgehead atoms. The van der Waals surface area contributed by atoms with E-state index in [1.54, 1.807) is 0 Å². The number of nitrogens with one attached hydrogen (secondary N) is 1. The van der Waals surface area contributed by atoms with Crippen molar-refractivity contribution in [1.82, 2.24) is 9.78 Å². The lowest BCUT2D eigenvalue weighted by atomic mass is 10.2. The predicted octanol–water partition coefficient (Wildman–Crippen LogP) is 3.79. The Morgan fingerprint density at radius 2 is 1.75 bits per heavy atom. The summed E-state index contributed by atoms with van der Waals surface area (Å²) in [4.78, 5) is 0. The molecule has 3 rings (SSSR count). The number of para-hydroxylation sites is 2. The monoisotopic (exact) mass is 263 g/mol. The summed E-state index contributed by atoms with van der Waals surface area (Å²) in [5, 5.41) is 7.84. The van der Waals surface area contributed by atoms with Crippen LogP contribution in [0.2, 0.25) is 0 Å². The van der Waals surface area contributed by atoms with E-state index in [1.165, 1.54) is 11.3 Å². The minimum Gasteiger partial charge on any atom is -0.381 e. The maximum Gasteiger partial charge on any atom is 0.0645 e. The van der Waals surface area contributed by atoms with E-state index in [4.69, 9.17) is 0 Å². The number of hydrogen-bond acceptors (Lipinski definition) is 2. The Bertz CT molecular complexity index is 686. The molecule has 0 saturated carbocycles. The molecule has 1 aromatic heterocycles. The summed E-state index contributed by atoms with van der Waals surface area (Å²) in [5.41, 5.74) is 4.66. The number of hydrogen-bond donors (Lipinski definition) is 1. The van der Waals surface area contributed by atoms with E-state index in [-0.39, 0.29) is 0 Å². The van der Waals surface area contributed by atoms with E-state index in [0.717, 1.165) is 17.8 Å². The molecule has 2 aromatic carbocycles. The summed E-state index contributed by atoms with van der Waals surface area (Å²) in [6.45, 7) is 2.88. The van der Waals surface area contributed by atoms with Gasteiger partial charge in [0.1, 0.15) is 0 Å². The molecule has 3 aromatic rings. The molecule has 0 aliphatic rings. The van der Waals surface area contributed by atoms with Gasteiger partial charge in [-0.3, -0.25) is 0 Å². The molecule has 100 valence electrons. The zero-order chi connectivity index (χ0) is 13.8. The number of rotatable bonds is 4. The highest BCUT2D eigenvalue weighted by Crippen LogP contribution is 2.15. The molecule has 20 heavy (non-hydrogen) atoms. The molecule has 1 heterocycles. The molecule has 0 aliphatic heterocycles. The van der Waals surface area contributed by atoms with E-state index in [9.17, 15) is 0 Å². The highest BCUT2D eigenvalue weighted by molar-refractivity contribution is 5.50. The fourth-order valence-corrected chi connectivity index (χ4v) is 2.14. The van der Waals surface area contributed by atoms with E-state index in [0.29, 0.717) is 0 Å². The fraction of sp³-hybridized carbons (Fsp3) is 0.118. The molecular formula is C17H17N3. The van der Waals surface area contributed by atoms with Crippen molar-refractivity contribution in [2.24, 2.45) is 0 Å². The van der Waals surface area contributed by atoms with E-state index >= 15 is 0 Å². The molecular weight excluding hydrogens is 246 g/mol. The van der Waals surface area contributed by atoms with Crippen LogP contribution in [0.3, 0.4) is 0 Å². The van der Waals surface area contributed by atoms with Crippen LogP contribution < -0.4 is 5.32 Å². The second-order valence-corrected chi connectivity index (χ2v) is 4.80. The SMILES string of the molecule is Cc1ccccc1NCc1cnn(-c2ccccc2)c1. The second kappa shape index (κ2) is 5.61. The lowest BCUT2D eigenvalue weighted by Gasteiger charge is -2.07. The minimum atomic E-state index is 0.775. The molecule has 0 saturated heterocycles. The molecule has 0 spiro atoms. The first kappa shape index (κ1) is 12.5. The first-order chi connectivity index (χ1) is 9.83. The van der Waals surface area contributed by atoms with Crippen molar-refractivity contribution in [3.8, 4) is 5.69 Å². The third-order valence-corrected chi connectivity index (χ3v) is 3.28. The zero-order valence-corrected chi connectivity index (χ0v) is 11.5. The number of anilines is 1. The maximum absolute atomic E-state index is 4.40. The summed E-state index contributed by atoms with van der Waals surface area (Å²) in [6, 6.07) is 18.4. The molecule has 0 radical (unpaired) electrons. The van der Waals surface area contributed by atoms with Gasteiger partial charge in [-0.25, -0.2) is 4.68 Å². The van der Waals surface area contributed by atoms with Gasteiger partial charge < -0.3 is 5.32 Å². The Labute approximate surface area is 118 Å². The van der Waals surface area contributed by atoms with Gasteiger partial charge in [0.05, 0.1) is 11.9 Å². The van der Waals surface area contributed by atoms with Crippen molar-refractivity contribution < 1.29 is 0 Å². The van der Waals surface area contributed by atoms with Gasteiger partial charge in [0.25, 0.3) is 0 Å². The van der Waals surface area contributed by atoms with E-state index < -0.39 is 0 Å². The topological polar surface area (TPSA) is 29.9 Å². The molecule has 0 unspecified atom stereocenters. The van der Waals surface area contributed by atoms with Gasteiger partial charge in [-0.15, -0.1) is 0 Å². The van der Waals surface area contributed by atoms with Gasteiger partial charge in [0.2, 0.25) is 0 Å². The Balaban J connectivity index is 1.71. The Kier molecular flexibility index (Phi) is 3.50. The van der Waals surface area contributed by atoms with Crippen LogP contribution >= 0.6 is 0 Å².